The van der Waals surface area contributed by atoms with Crippen LogP contribution in [-0.4, -0.2) is 28.9 Å². The van der Waals surface area contributed by atoms with Gasteiger partial charge in [-0.2, -0.15) is 13.2 Å². The third kappa shape index (κ3) is 6.29. The Morgan fingerprint density at radius 1 is 1.28 bits per heavy atom. The molecule has 2 aromatic rings. The second-order valence-electron chi connectivity index (χ2n) is 5.81. The number of H-pyrrole nitrogens is 1. The Morgan fingerprint density at radius 2 is 1.97 bits per heavy atom. The Labute approximate surface area is 178 Å². The molecule has 0 aliphatic carbocycles. The lowest BCUT2D eigenvalue weighted by molar-refractivity contribution is -0.140. The van der Waals surface area contributed by atoms with E-state index in [1.165, 1.54) is 6.08 Å². The van der Waals surface area contributed by atoms with Gasteiger partial charge in [0, 0.05) is 29.8 Å². The summed E-state index contributed by atoms with van der Waals surface area (Å²) in [5, 5.41) is 2.32. The summed E-state index contributed by atoms with van der Waals surface area (Å²) in [7, 11) is 0. The number of benzene rings is 1. The number of hydrogen-bond acceptors (Lipinski definition) is 2. The Morgan fingerprint density at radius 3 is 2.55 bits per heavy atom. The molecule has 0 fully saturated rings. The minimum Gasteiger partial charge on any atom is -0.482 e. The van der Waals surface area contributed by atoms with Crippen LogP contribution in [0.5, 0.6) is 5.75 Å². The van der Waals surface area contributed by atoms with Crippen LogP contribution in [0, 0.1) is 5.82 Å². The van der Waals surface area contributed by atoms with E-state index in [4.69, 9.17) is 39.5 Å². The fourth-order valence-electron chi connectivity index (χ4n) is 2.43. The molecule has 2 N–H and O–H groups in total. The highest BCUT2D eigenvalue weighted by Gasteiger charge is 2.34. The van der Waals surface area contributed by atoms with Gasteiger partial charge in [0.1, 0.15) is 22.1 Å². The number of carbonyl (C=O) groups is 1. The van der Waals surface area contributed by atoms with Crippen molar-refractivity contribution in [1.29, 1.82) is 0 Å². The lowest BCUT2D eigenvalue weighted by atomic mass is 10.0. The Bertz CT molecular complexity index is 898. The molecule has 0 saturated carbocycles. The quantitative estimate of drug-likeness (QED) is 0.301. The van der Waals surface area contributed by atoms with Crippen molar-refractivity contribution in [3.63, 3.8) is 0 Å². The van der Waals surface area contributed by atoms with Crippen molar-refractivity contribution in [2.24, 2.45) is 0 Å². The molecule has 0 atom stereocenters. The third-order valence-corrected chi connectivity index (χ3v) is 4.28. The Balaban J connectivity index is 2.42. The monoisotopic (exact) mass is 472 g/mol. The number of halogens is 7. The number of aromatic amines is 1. The summed E-state index contributed by atoms with van der Waals surface area (Å²) in [6.45, 7) is 3.23. The summed E-state index contributed by atoms with van der Waals surface area (Å²) < 4.78 is 59.1. The molecular formula is C18H15Cl3F4N2O2. The fourth-order valence-corrected chi connectivity index (χ4v) is 2.95. The van der Waals surface area contributed by atoms with Crippen LogP contribution in [0.25, 0.3) is 11.1 Å². The maximum absolute atomic E-state index is 14.5. The SMILES string of the molecule is C=CCNC(=O)COc1cc(-c2cc(C(F)(F)F)[nH]c2CC(Cl)Cl)c(F)cc1Cl. The Kier molecular flexibility index (Phi) is 7.85. The molecular weight excluding hydrogens is 459 g/mol. The topological polar surface area (TPSA) is 54.1 Å². The molecule has 4 nitrogen and oxygen atoms in total. The van der Waals surface area contributed by atoms with Gasteiger partial charge in [-0.15, -0.1) is 29.8 Å². The molecule has 0 aliphatic rings. The molecule has 0 saturated heterocycles. The highest BCUT2D eigenvalue weighted by atomic mass is 35.5. The van der Waals surface area contributed by atoms with Crippen LogP contribution in [0.2, 0.25) is 5.02 Å². The van der Waals surface area contributed by atoms with Crippen molar-refractivity contribution in [2.75, 3.05) is 13.2 Å². The van der Waals surface area contributed by atoms with Crippen LogP contribution < -0.4 is 10.1 Å². The number of amides is 1. The molecule has 1 aromatic carbocycles. The number of hydrogen-bond donors (Lipinski definition) is 2. The highest BCUT2D eigenvalue weighted by Crippen LogP contribution is 2.39. The van der Waals surface area contributed by atoms with Crippen molar-refractivity contribution in [1.82, 2.24) is 10.3 Å². The highest BCUT2D eigenvalue weighted by molar-refractivity contribution is 6.44. The predicted octanol–water partition coefficient (Wildman–Crippen LogP) is 5.52. The largest absolute Gasteiger partial charge is 0.482 e. The van der Waals surface area contributed by atoms with Crippen molar-refractivity contribution in [3.05, 3.63) is 53.1 Å². The number of rotatable bonds is 8. The van der Waals surface area contributed by atoms with Crippen LogP contribution in [0.3, 0.4) is 0 Å². The number of carbonyl (C=O) groups excluding carboxylic acids is 1. The minimum absolute atomic E-state index is 0.0109. The summed E-state index contributed by atoms with van der Waals surface area (Å²) in [6.07, 6.45) is -3.41. The van der Waals surface area contributed by atoms with Crippen molar-refractivity contribution in [3.8, 4) is 16.9 Å². The van der Waals surface area contributed by atoms with E-state index in [0.717, 1.165) is 18.2 Å². The van der Waals surface area contributed by atoms with Gasteiger partial charge in [0.15, 0.2) is 6.61 Å². The zero-order valence-electron chi connectivity index (χ0n) is 14.7. The molecule has 0 bridgehead atoms. The molecule has 11 heteroatoms. The van der Waals surface area contributed by atoms with Gasteiger partial charge < -0.3 is 15.0 Å². The van der Waals surface area contributed by atoms with E-state index in [1.807, 2.05) is 0 Å². The van der Waals surface area contributed by atoms with Crippen LogP contribution in [0.1, 0.15) is 11.4 Å². The lowest BCUT2D eigenvalue weighted by Gasteiger charge is -2.12. The molecule has 2 rings (SSSR count). The van der Waals surface area contributed by atoms with Crippen molar-refractivity contribution >= 4 is 40.7 Å². The van der Waals surface area contributed by atoms with Crippen LogP contribution in [0.4, 0.5) is 17.6 Å². The molecule has 158 valence electrons. The Hall–Kier alpha value is -1.90. The average molecular weight is 474 g/mol. The van der Waals surface area contributed by atoms with Gasteiger partial charge >= 0.3 is 6.18 Å². The summed E-state index contributed by atoms with van der Waals surface area (Å²) in [5.74, 6) is -1.44. The van der Waals surface area contributed by atoms with E-state index >= 15 is 0 Å². The van der Waals surface area contributed by atoms with E-state index in [9.17, 15) is 22.4 Å². The van der Waals surface area contributed by atoms with Crippen LogP contribution in [-0.2, 0) is 17.4 Å². The number of alkyl halides is 5. The fraction of sp³-hybridized carbons (Fsp3) is 0.278. The average Bonchev–Trinajstić information content (AvgIpc) is 3.02. The molecule has 0 radical (unpaired) electrons. The number of nitrogens with one attached hydrogen (secondary N) is 2. The summed E-state index contributed by atoms with van der Waals surface area (Å²) in [4.78, 5) is 12.8. The van der Waals surface area contributed by atoms with Gasteiger partial charge in [-0.3, -0.25) is 4.79 Å². The lowest BCUT2D eigenvalue weighted by Crippen LogP contribution is -2.28. The molecule has 1 aromatic heterocycles. The van der Waals surface area contributed by atoms with E-state index in [2.05, 4.69) is 16.9 Å². The first-order valence-electron chi connectivity index (χ1n) is 8.10. The van der Waals surface area contributed by atoms with Gasteiger partial charge in [-0.25, -0.2) is 4.39 Å². The van der Waals surface area contributed by atoms with E-state index in [-0.39, 0.29) is 40.6 Å². The molecule has 0 spiro atoms. The zero-order chi connectivity index (χ0) is 21.8. The normalized spacial score (nSPS) is 11.6. The standard InChI is InChI=1S/C18H15Cl3F4N2O2/c1-2-3-26-17(28)8-29-14-4-9(12(22)6-11(14)19)10-5-15(18(23,24)25)27-13(10)7-16(20)21/h2,4-6,16,27H,1,3,7-8H2,(H,26,28). The zero-order valence-corrected chi connectivity index (χ0v) is 16.9. The predicted molar refractivity (Wildman–Crippen MR) is 104 cm³/mol. The number of ether oxygens (including phenoxy) is 1. The molecule has 1 heterocycles. The van der Waals surface area contributed by atoms with Gasteiger partial charge in [0.2, 0.25) is 0 Å². The first-order chi connectivity index (χ1) is 13.5. The maximum atomic E-state index is 14.5. The summed E-state index contributed by atoms with van der Waals surface area (Å²) in [6, 6.07) is 2.75. The maximum Gasteiger partial charge on any atom is 0.431 e. The van der Waals surface area contributed by atoms with Crippen molar-refractivity contribution < 1.29 is 27.1 Å². The van der Waals surface area contributed by atoms with Gasteiger partial charge in [-0.05, 0) is 18.2 Å². The smallest absolute Gasteiger partial charge is 0.431 e. The summed E-state index contributed by atoms with van der Waals surface area (Å²) >= 11 is 17.3. The number of aromatic nitrogens is 1. The molecule has 29 heavy (non-hydrogen) atoms. The second kappa shape index (κ2) is 9.73. The van der Waals surface area contributed by atoms with Gasteiger partial charge in [-0.1, -0.05) is 17.7 Å². The third-order valence-electron chi connectivity index (χ3n) is 3.68. The molecule has 1 amide bonds. The van der Waals surface area contributed by atoms with Crippen LogP contribution in [0.15, 0.2) is 30.9 Å². The first kappa shape index (κ1) is 23.4. The van der Waals surface area contributed by atoms with Gasteiger partial charge in [0.05, 0.1) is 5.02 Å². The van der Waals surface area contributed by atoms with E-state index in [1.54, 1.807) is 0 Å². The molecule has 0 aliphatic heterocycles. The van der Waals surface area contributed by atoms with Crippen molar-refractivity contribution in [2.45, 2.75) is 17.4 Å². The molecule has 0 unspecified atom stereocenters. The minimum atomic E-state index is -4.69. The van der Waals surface area contributed by atoms with E-state index in [0.29, 0.717) is 0 Å². The van der Waals surface area contributed by atoms with Gasteiger partial charge in [0.25, 0.3) is 5.91 Å². The van der Waals surface area contributed by atoms with Crippen LogP contribution >= 0.6 is 34.8 Å². The first-order valence-corrected chi connectivity index (χ1v) is 9.35. The summed E-state index contributed by atoms with van der Waals surface area (Å²) in [5.41, 5.74) is -1.41. The van der Waals surface area contributed by atoms with E-state index < -0.39 is 35.0 Å². The second-order valence-corrected chi connectivity index (χ2v) is 7.50.